The zero-order valence-electron chi connectivity index (χ0n) is 16.8. The zero-order valence-corrected chi connectivity index (χ0v) is 17.5. The molecular weight excluding hydrogens is 406 g/mol. The molecule has 0 spiro atoms. The average Bonchev–Trinajstić information content (AvgIpc) is 2.74. The van der Waals surface area contributed by atoms with Gasteiger partial charge in [0.2, 0.25) is 11.7 Å². The molecule has 0 saturated heterocycles. The number of ketones is 1. The van der Waals surface area contributed by atoms with Crippen molar-refractivity contribution < 1.29 is 24.2 Å². The van der Waals surface area contributed by atoms with Crippen molar-refractivity contribution in [2.75, 3.05) is 19.1 Å². The van der Waals surface area contributed by atoms with Crippen molar-refractivity contribution in [2.24, 2.45) is 0 Å². The molecule has 7 heteroatoms. The summed E-state index contributed by atoms with van der Waals surface area (Å²) in [6.07, 6.45) is 1.83. The number of carbonyl (C=O) groups excluding carboxylic acids is 2. The summed E-state index contributed by atoms with van der Waals surface area (Å²) in [5.41, 5.74) is 2.60. The van der Waals surface area contributed by atoms with Gasteiger partial charge < -0.3 is 14.6 Å². The van der Waals surface area contributed by atoms with Gasteiger partial charge in [-0.3, -0.25) is 14.5 Å². The first-order chi connectivity index (χ1) is 14.5. The van der Waals surface area contributed by atoms with E-state index in [2.05, 4.69) is 0 Å². The Kier molecular flexibility index (Phi) is 5.43. The van der Waals surface area contributed by atoms with Gasteiger partial charge in [0.25, 0.3) is 0 Å². The van der Waals surface area contributed by atoms with Crippen molar-refractivity contribution in [1.29, 1.82) is 0 Å². The monoisotopic (exact) mass is 427 g/mol. The number of nitrogens with zero attached hydrogens (tertiary/aromatic N) is 1. The molecule has 0 fully saturated rings. The number of ether oxygens (including phenoxy) is 2. The van der Waals surface area contributed by atoms with E-state index in [1.54, 1.807) is 35.2 Å². The van der Waals surface area contributed by atoms with Gasteiger partial charge in [-0.25, -0.2) is 0 Å². The van der Waals surface area contributed by atoms with Gasteiger partial charge >= 0.3 is 0 Å². The Labute approximate surface area is 179 Å². The van der Waals surface area contributed by atoms with E-state index < -0.39 is 5.92 Å². The van der Waals surface area contributed by atoms with E-state index in [1.165, 1.54) is 14.2 Å². The summed E-state index contributed by atoms with van der Waals surface area (Å²) in [7, 11) is 2.89. The van der Waals surface area contributed by atoms with Crippen LogP contribution < -0.4 is 14.4 Å². The molecule has 0 saturated carbocycles. The number of anilines is 1. The summed E-state index contributed by atoms with van der Waals surface area (Å²) in [6, 6.07) is 10.5. The fourth-order valence-electron chi connectivity index (χ4n) is 4.31. The summed E-state index contributed by atoms with van der Waals surface area (Å²) < 4.78 is 10.5. The van der Waals surface area contributed by atoms with Crippen molar-refractivity contribution in [3.05, 3.63) is 58.3 Å². The van der Waals surface area contributed by atoms with Gasteiger partial charge in [0.15, 0.2) is 17.3 Å². The molecule has 1 amide bonds. The van der Waals surface area contributed by atoms with Crippen molar-refractivity contribution in [2.45, 2.75) is 31.6 Å². The van der Waals surface area contributed by atoms with Gasteiger partial charge in [-0.2, -0.15) is 0 Å². The fraction of sp³-hybridized carbons (Fsp3) is 0.304. The van der Waals surface area contributed by atoms with Crippen LogP contribution in [0.15, 0.2) is 47.7 Å². The van der Waals surface area contributed by atoms with Gasteiger partial charge in [0, 0.05) is 30.0 Å². The van der Waals surface area contributed by atoms with E-state index in [4.69, 9.17) is 21.1 Å². The SMILES string of the molecule is COc1cc(C2CC(=O)N(c3ccccc3Cl)C3=C2C(=O)CCC3)cc(OC)c1O. The summed E-state index contributed by atoms with van der Waals surface area (Å²) in [5, 5.41) is 10.7. The van der Waals surface area contributed by atoms with E-state index in [9.17, 15) is 14.7 Å². The maximum Gasteiger partial charge on any atom is 0.232 e. The first-order valence-corrected chi connectivity index (χ1v) is 10.1. The number of allylic oxidation sites excluding steroid dienone is 2. The molecule has 2 aromatic carbocycles. The second-order valence-corrected chi connectivity index (χ2v) is 7.76. The molecule has 156 valence electrons. The number of Topliss-reactive ketones (excluding diaryl/α,β-unsaturated/α-hetero) is 1. The van der Waals surface area contributed by atoms with E-state index in [-0.39, 0.29) is 35.4 Å². The van der Waals surface area contributed by atoms with Gasteiger partial charge in [0.05, 0.1) is 24.9 Å². The highest BCUT2D eigenvalue weighted by Gasteiger charge is 2.40. The minimum Gasteiger partial charge on any atom is -0.502 e. The highest BCUT2D eigenvalue weighted by Crippen LogP contribution is 2.47. The van der Waals surface area contributed by atoms with Crippen LogP contribution in [0.2, 0.25) is 5.02 Å². The summed E-state index contributed by atoms with van der Waals surface area (Å²) in [5.74, 6) is -0.203. The van der Waals surface area contributed by atoms with E-state index >= 15 is 0 Å². The largest absolute Gasteiger partial charge is 0.502 e. The van der Waals surface area contributed by atoms with Crippen molar-refractivity contribution in [1.82, 2.24) is 0 Å². The summed E-state index contributed by atoms with van der Waals surface area (Å²) in [4.78, 5) is 27.9. The maximum absolute atomic E-state index is 13.3. The number of methoxy groups -OCH3 is 2. The molecule has 0 aromatic heterocycles. The number of amides is 1. The Balaban J connectivity index is 1.90. The molecule has 2 aromatic rings. The third kappa shape index (κ3) is 3.31. The predicted octanol–water partition coefficient (Wildman–Crippen LogP) is 4.59. The van der Waals surface area contributed by atoms with Crippen LogP contribution in [0.3, 0.4) is 0 Å². The highest BCUT2D eigenvalue weighted by molar-refractivity contribution is 6.34. The van der Waals surface area contributed by atoms with Crippen LogP contribution >= 0.6 is 11.6 Å². The summed E-state index contributed by atoms with van der Waals surface area (Å²) >= 11 is 6.38. The molecule has 1 N–H and O–H groups in total. The molecule has 1 heterocycles. The number of aromatic hydroxyl groups is 1. The Morgan fingerprint density at radius 2 is 1.73 bits per heavy atom. The van der Waals surface area contributed by atoms with E-state index in [0.717, 1.165) is 0 Å². The van der Waals surface area contributed by atoms with Crippen molar-refractivity contribution in [3.8, 4) is 17.2 Å². The first-order valence-electron chi connectivity index (χ1n) is 9.74. The highest BCUT2D eigenvalue weighted by atomic mass is 35.5. The molecule has 6 nitrogen and oxygen atoms in total. The molecular formula is C23H22ClNO5. The fourth-order valence-corrected chi connectivity index (χ4v) is 4.53. The number of phenols is 1. The Bertz CT molecular complexity index is 1040. The molecule has 1 aliphatic carbocycles. The maximum atomic E-state index is 13.3. The second-order valence-electron chi connectivity index (χ2n) is 7.35. The van der Waals surface area contributed by atoms with Crippen molar-refractivity contribution >= 4 is 29.0 Å². The van der Waals surface area contributed by atoms with Gasteiger partial charge in [-0.1, -0.05) is 23.7 Å². The quantitative estimate of drug-likeness (QED) is 0.772. The molecule has 1 aliphatic heterocycles. The zero-order chi connectivity index (χ0) is 21.4. The average molecular weight is 428 g/mol. The number of phenolic OH excluding ortho intramolecular Hbond substituents is 1. The van der Waals surface area contributed by atoms with Crippen LogP contribution in [0.4, 0.5) is 5.69 Å². The topological polar surface area (TPSA) is 76.1 Å². The lowest BCUT2D eigenvalue weighted by molar-refractivity contribution is -0.119. The van der Waals surface area contributed by atoms with Crippen LogP contribution in [0.25, 0.3) is 0 Å². The van der Waals surface area contributed by atoms with E-state index in [0.29, 0.717) is 46.8 Å². The van der Waals surface area contributed by atoms with Crippen LogP contribution in [0.1, 0.15) is 37.2 Å². The molecule has 0 radical (unpaired) electrons. The lowest BCUT2D eigenvalue weighted by atomic mass is 9.77. The minimum atomic E-state index is -0.442. The molecule has 1 unspecified atom stereocenters. The molecule has 2 aliphatic rings. The van der Waals surface area contributed by atoms with Gasteiger partial charge in [-0.15, -0.1) is 0 Å². The summed E-state index contributed by atoms with van der Waals surface area (Å²) in [6.45, 7) is 0. The smallest absolute Gasteiger partial charge is 0.232 e. The van der Waals surface area contributed by atoms with Crippen molar-refractivity contribution in [3.63, 3.8) is 0 Å². The normalized spacial score (nSPS) is 19.0. The Hall–Kier alpha value is -2.99. The first kappa shape index (κ1) is 20.3. The molecule has 1 atom stereocenters. The van der Waals surface area contributed by atoms with Crippen LogP contribution in [0, 0.1) is 0 Å². The number of benzene rings is 2. The van der Waals surface area contributed by atoms with Crippen LogP contribution in [-0.4, -0.2) is 31.0 Å². The molecule has 0 bridgehead atoms. The third-order valence-corrected chi connectivity index (χ3v) is 5.99. The van der Waals surface area contributed by atoms with Crippen LogP contribution in [-0.2, 0) is 9.59 Å². The second kappa shape index (κ2) is 8.03. The lowest BCUT2D eigenvalue weighted by Crippen LogP contribution is -2.40. The number of para-hydroxylation sites is 1. The molecule has 30 heavy (non-hydrogen) atoms. The lowest BCUT2D eigenvalue weighted by Gasteiger charge is -2.38. The standard InChI is InChI=1S/C23H22ClNO5/c1-29-19-10-13(11-20(30-2)23(19)28)14-12-21(27)25(16-7-4-3-6-15(16)24)17-8-5-9-18(26)22(14)17/h3-4,6-7,10-11,14,28H,5,8-9,12H2,1-2H3. The number of rotatable bonds is 4. The number of halogens is 1. The van der Waals surface area contributed by atoms with E-state index in [1.807, 2.05) is 6.07 Å². The number of hydrogen-bond donors (Lipinski definition) is 1. The number of carbonyl (C=O) groups is 2. The third-order valence-electron chi connectivity index (χ3n) is 5.67. The minimum absolute atomic E-state index is 0.0248. The van der Waals surface area contributed by atoms with Gasteiger partial charge in [-0.05, 0) is 42.7 Å². The predicted molar refractivity (Wildman–Crippen MR) is 113 cm³/mol. The van der Waals surface area contributed by atoms with Crippen LogP contribution in [0.5, 0.6) is 17.2 Å². The Morgan fingerprint density at radius 3 is 2.37 bits per heavy atom. The Morgan fingerprint density at radius 1 is 1.07 bits per heavy atom. The molecule has 4 rings (SSSR count). The van der Waals surface area contributed by atoms with Gasteiger partial charge in [0.1, 0.15) is 0 Å². The number of hydrogen-bond acceptors (Lipinski definition) is 5.